The van der Waals surface area contributed by atoms with Crippen molar-refractivity contribution in [1.82, 2.24) is 4.98 Å². The summed E-state index contributed by atoms with van der Waals surface area (Å²) in [6.07, 6.45) is 0. The maximum Gasteiger partial charge on any atom is 0.260 e. The van der Waals surface area contributed by atoms with Gasteiger partial charge < -0.3 is 11.5 Å². The standard InChI is InChI=1S/C6H9N3OS.2ClH/c1-3-5(6(8)10)11-4(2-7)9-3;;/h2,7H2,1H3,(H2,8,10);2*1H. The summed E-state index contributed by atoms with van der Waals surface area (Å²) < 4.78 is 0. The van der Waals surface area contributed by atoms with Gasteiger partial charge in [0.1, 0.15) is 9.88 Å². The SMILES string of the molecule is Cc1nc(CN)sc1C(N)=O.Cl.Cl. The summed E-state index contributed by atoms with van der Waals surface area (Å²) >= 11 is 1.26. The van der Waals surface area contributed by atoms with E-state index in [1.165, 1.54) is 11.3 Å². The van der Waals surface area contributed by atoms with E-state index < -0.39 is 5.91 Å². The first-order valence-electron chi connectivity index (χ1n) is 3.11. The number of hydrogen-bond acceptors (Lipinski definition) is 4. The lowest BCUT2D eigenvalue weighted by Gasteiger charge is -1.85. The average molecular weight is 244 g/mol. The Balaban J connectivity index is 0. The molecule has 1 aromatic rings. The highest BCUT2D eigenvalue weighted by Gasteiger charge is 2.10. The van der Waals surface area contributed by atoms with Crippen molar-refractivity contribution in [1.29, 1.82) is 0 Å². The van der Waals surface area contributed by atoms with Gasteiger partial charge in [0.15, 0.2) is 0 Å². The summed E-state index contributed by atoms with van der Waals surface area (Å²) in [5, 5.41) is 0.747. The minimum Gasteiger partial charge on any atom is -0.365 e. The van der Waals surface area contributed by atoms with Crippen molar-refractivity contribution in [2.24, 2.45) is 11.5 Å². The number of hydrogen-bond donors (Lipinski definition) is 2. The molecule has 0 aliphatic carbocycles. The number of primary amides is 1. The van der Waals surface area contributed by atoms with E-state index in [2.05, 4.69) is 4.98 Å². The smallest absolute Gasteiger partial charge is 0.260 e. The van der Waals surface area contributed by atoms with Gasteiger partial charge in [0.05, 0.1) is 5.69 Å². The summed E-state index contributed by atoms with van der Waals surface area (Å²) in [5.41, 5.74) is 11.1. The Morgan fingerprint density at radius 1 is 1.54 bits per heavy atom. The fraction of sp³-hybridized carbons (Fsp3) is 0.333. The Morgan fingerprint density at radius 3 is 2.31 bits per heavy atom. The normalized spacial score (nSPS) is 8.46. The molecule has 0 unspecified atom stereocenters. The lowest BCUT2D eigenvalue weighted by atomic mass is 10.4. The first-order valence-corrected chi connectivity index (χ1v) is 3.93. The van der Waals surface area contributed by atoms with Crippen LogP contribution >= 0.6 is 36.2 Å². The highest BCUT2D eigenvalue weighted by atomic mass is 35.5. The van der Waals surface area contributed by atoms with Crippen molar-refractivity contribution >= 4 is 42.1 Å². The quantitative estimate of drug-likeness (QED) is 0.809. The van der Waals surface area contributed by atoms with Crippen LogP contribution in [0, 0.1) is 6.92 Å². The van der Waals surface area contributed by atoms with Gasteiger partial charge in [-0.3, -0.25) is 4.79 Å². The Labute approximate surface area is 92.5 Å². The van der Waals surface area contributed by atoms with Crippen LogP contribution in [0.15, 0.2) is 0 Å². The second-order valence-electron chi connectivity index (χ2n) is 2.09. The van der Waals surface area contributed by atoms with E-state index >= 15 is 0 Å². The molecule has 0 saturated heterocycles. The average Bonchev–Trinajstić information content (AvgIpc) is 2.30. The minimum atomic E-state index is -0.431. The number of rotatable bonds is 2. The van der Waals surface area contributed by atoms with Crippen LogP contribution in [0.4, 0.5) is 0 Å². The van der Waals surface area contributed by atoms with E-state index in [1.807, 2.05) is 0 Å². The Morgan fingerprint density at radius 2 is 2.08 bits per heavy atom. The van der Waals surface area contributed by atoms with E-state index in [4.69, 9.17) is 11.5 Å². The summed E-state index contributed by atoms with van der Waals surface area (Å²) in [7, 11) is 0. The molecule has 1 rings (SSSR count). The van der Waals surface area contributed by atoms with Gasteiger partial charge in [-0.1, -0.05) is 0 Å². The maximum absolute atomic E-state index is 10.7. The van der Waals surface area contributed by atoms with E-state index in [0.717, 1.165) is 5.01 Å². The summed E-state index contributed by atoms with van der Waals surface area (Å²) in [4.78, 5) is 15.3. The molecule has 0 aliphatic rings. The molecule has 0 fully saturated rings. The molecular weight excluding hydrogens is 233 g/mol. The number of carbonyl (C=O) groups is 1. The topological polar surface area (TPSA) is 82.0 Å². The van der Waals surface area contributed by atoms with Gasteiger partial charge in [0.2, 0.25) is 0 Å². The molecule has 0 spiro atoms. The lowest BCUT2D eigenvalue weighted by Crippen LogP contribution is -2.09. The number of amides is 1. The van der Waals surface area contributed by atoms with Crippen LogP contribution in [0.25, 0.3) is 0 Å². The molecule has 0 aliphatic heterocycles. The summed E-state index contributed by atoms with van der Waals surface area (Å²) in [5.74, 6) is -0.431. The Kier molecular flexibility index (Phi) is 7.15. The van der Waals surface area contributed by atoms with Crippen LogP contribution in [-0.4, -0.2) is 10.9 Å². The Hall–Kier alpha value is -0.360. The zero-order chi connectivity index (χ0) is 8.43. The first kappa shape index (κ1) is 15.1. The third-order valence-corrected chi connectivity index (χ3v) is 2.43. The van der Waals surface area contributed by atoms with Crippen molar-refractivity contribution in [2.45, 2.75) is 13.5 Å². The predicted octanol–water partition coefficient (Wildman–Crippen LogP) is 0.853. The summed E-state index contributed by atoms with van der Waals surface area (Å²) in [6, 6.07) is 0. The van der Waals surface area contributed by atoms with Crippen LogP contribution in [-0.2, 0) is 6.54 Å². The van der Waals surface area contributed by atoms with Gasteiger partial charge in [-0.2, -0.15) is 0 Å². The van der Waals surface area contributed by atoms with Crippen LogP contribution < -0.4 is 11.5 Å². The summed E-state index contributed by atoms with van der Waals surface area (Å²) in [6.45, 7) is 2.11. The molecule has 76 valence electrons. The molecule has 0 atom stereocenters. The van der Waals surface area contributed by atoms with Crippen molar-refractivity contribution in [2.75, 3.05) is 0 Å². The maximum atomic E-state index is 10.7. The van der Waals surface area contributed by atoms with Gasteiger partial charge in [0, 0.05) is 6.54 Å². The number of aryl methyl sites for hydroxylation is 1. The van der Waals surface area contributed by atoms with Gasteiger partial charge in [0.25, 0.3) is 5.91 Å². The molecule has 0 saturated carbocycles. The van der Waals surface area contributed by atoms with E-state index in [9.17, 15) is 4.79 Å². The van der Waals surface area contributed by atoms with Crippen molar-refractivity contribution in [3.63, 3.8) is 0 Å². The zero-order valence-corrected chi connectivity index (χ0v) is 9.39. The second-order valence-corrected chi connectivity index (χ2v) is 3.17. The van der Waals surface area contributed by atoms with Crippen LogP contribution in [0.5, 0.6) is 0 Å². The molecule has 4 nitrogen and oxygen atoms in total. The van der Waals surface area contributed by atoms with Crippen molar-refractivity contribution in [3.05, 3.63) is 15.6 Å². The number of nitrogens with two attached hydrogens (primary N) is 2. The molecule has 4 N–H and O–H groups in total. The lowest BCUT2D eigenvalue weighted by molar-refractivity contribution is 0.100. The minimum absolute atomic E-state index is 0. The molecule has 1 heterocycles. The molecule has 13 heavy (non-hydrogen) atoms. The van der Waals surface area contributed by atoms with Gasteiger partial charge >= 0.3 is 0 Å². The second kappa shape index (κ2) is 6.15. The molecule has 0 radical (unpaired) electrons. The molecular formula is C6H11Cl2N3OS. The monoisotopic (exact) mass is 243 g/mol. The van der Waals surface area contributed by atoms with Gasteiger partial charge in [-0.25, -0.2) is 4.98 Å². The number of carbonyl (C=O) groups excluding carboxylic acids is 1. The van der Waals surface area contributed by atoms with Crippen molar-refractivity contribution in [3.8, 4) is 0 Å². The fourth-order valence-electron chi connectivity index (χ4n) is 0.768. The van der Waals surface area contributed by atoms with E-state index in [-0.39, 0.29) is 24.8 Å². The molecule has 0 bridgehead atoms. The van der Waals surface area contributed by atoms with Crippen LogP contribution in [0.3, 0.4) is 0 Å². The van der Waals surface area contributed by atoms with E-state index in [1.54, 1.807) is 6.92 Å². The number of halogens is 2. The number of nitrogens with zero attached hydrogens (tertiary/aromatic N) is 1. The fourth-order valence-corrected chi connectivity index (χ4v) is 1.56. The first-order chi connectivity index (χ1) is 5.15. The molecule has 1 aromatic heterocycles. The molecule has 0 aromatic carbocycles. The van der Waals surface area contributed by atoms with E-state index in [0.29, 0.717) is 17.1 Å². The third kappa shape index (κ3) is 3.48. The highest BCUT2D eigenvalue weighted by molar-refractivity contribution is 7.13. The van der Waals surface area contributed by atoms with Crippen LogP contribution in [0.1, 0.15) is 20.4 Å². The molecule has 1 amide bonds. The Bertz CT molecular complexity index is 289. The number of thiazole rings is 1. The van der Waals surface area contributed by atoms with Gasteiger partial charge in [-0.05, 0) is 6.92 Å². The molecule has 7 heteroatoms. The predicted molar refractivity (Wildman–Crippen MR) is 57.8 cm³/mol. The zero-order valence-electron chi connectivity index (χ0n) is 6.94. The van der Waals surface area contributed by atoms with Gasteiger partial charge in [-0.15, -0.1) is 36.2 Å². The largest absolute Gasteiger partial charge is 0.365 e. The highest BCUT2D eigenvalue weighted by Crippen LogP contribution is 2.16. The number of aromatic nitrogens is 1. The van der Waals surface area contributed by atoms with Crippen molar-refractivity contribution < 1.29 is 4.79 Å². The van der Waals surface area contributed by atoms with Crippen LogP contribution in [0.2, 0.25) is 0 Å². The third-order valence-electron chi connectivity index (χ3n) is 1.24.